The number of benzene rings is 1. The summed E-state index contributed by atoms with van der Waals surface area (Å²) < 4.78 is 21.8. The molecule has 1 aliphatic rings. The van der Waals surface area contributed by atoms with E-state index in [-0.39, 0.29) is 23.6 Å². The number of nitrogen functional groups attached to an aromatic ring is 1. The van der Waals surface area contributed by atoms with Crippen LogP contribution in [-0.2, 0) is 11.3 Å². The molecule has 9 nitrogen and oxygen atoms in total. The number of hydrogen-bond acceptors (Lipinski definition) is 7. The topological polar surface area (TPSA) is 113 Å². The molecule has 10 heteroatoms. The molecule has 1 saturated heterocycles. The minimum absolute atomic E-state index is 0.00122. The number of nitrogens with two attached hydrogens (primary N) is 1. The normalized spacial score (nSPS) is 16.4. The molecule has 0 unspecified atom stereocenters. The van der Waals surface area contributed by atoms with Crippen LogP contribution < -0.4 is 11.4 Å². The Kier molecular flexibility index (Phi) is 4.47. The summed E-state index contributed by atoms with van der Waals surface area (Å²) in [6.07, 6.45) is 4.86. The molecule has 3 aromatic heterocycles. The molecule has 4 aromatic rings. The fourth-order valence-electron chi connectivity index (χ4n) is 3.72. The van der Waals surface area contributed by atoms with E-state index in [0.717, 1.165) is 12.8 Å². The zero-order valence-electron chi connectivity index (χ0n) is 15.9. The van der Waals surface area contributed by atoms with Crippen molar-refractivity contribution in [2.75, 3.05) is 12.3 Å². The molecule has 2 N–H and O–H groups in total. The van der Waals surface area contributed by atoms with Crippen LogP contribution in [0, 0.1) is 5.82 Å². The van der Waals surface area contributed by atoms with Crippen molar-refractivity contribution in [3.05, 3.63) is 59.0 Å². The monoisotopic (exact) mass is 407 g/mol. The Morgan fingerprint density at radius 2 is 2.00 bits per heavy atom. The summed E-state index contributed by atoms with van der Waals surface area (Å²) in [5.74, 6) is -0.365. The van der Waals surface area contributed by atoms with Crippen LogP contribution in [0.1, 0.15) is 12.8 Å². The van der Waals surface area contributed by atoms with Crippen LogP contribution in [0.15, 0.2) is 47.5 Å². The van der Waals surface area contributed by atoms with Gasteiger partial charge in [-0.3, -0.25) is 0 Å². The fraction of sp³-hybridized carbons (Fsp3) is 0.250. The van der Waals surface area contributed by atoms with Gasteiger partial charge >= 0.3 is 5.69 Å². The first kappa shape index (κ1) is 18.4. The predicted octanol–water partition coefficient (Wildman–Crippen LogP) is 1.92. The quantitative estimate of drug-likeness (QED) is 0.550. The van der Waals surface area contributed by atoms with Crippen molar-refractivity contribution in [3.8, 4) is 22.4 Å². The molecule has 0 aliphatic carbocycles. The van der Waals surface area contributed by atoms with E-state index in [9.17, 15) is 9.18 Å². The van der Waals surface area contributed by atoms with E-state index in [0.29, 0.717) is 41.2 Å². The fourth-order valence-corrected chi connectivity index (χ4v) is 3.72. The molecular weight excluding hydrogens is 389 g/mol. The van der Waals surface area contributed by atoms with Crippen LogP contribution in [0.5, 0.6) is 0 Å². The molecule has 0 amide bonds. The standard InChI is InChI=1S/C20H18FN7O2/c21-14-5-3-12(4-6-14)17-16(13-7-8-23-24-10-13)18-26-27(11-15-2-1-9-30-15)20(29)28(18)19(22)25-17/h3-8,10,15H,1-2,9,11H2,(H2,22,25)/t15-/m1/s1. The van der Waals surface area contributed by atoms with E-state index in [1.54, 1.807) is 24.4 Å². The number of ether oxygens (including phenoxy) is 1. The summed E-state index contributed by atoms with van der Waals surface area (Å²) >= 11 is 0. The van der Waals surface area contributed by atoms with E-state index < -0.39 is 0 Å². The van der Waals surface area contributed by atoms with Gasteiger partial charge in [0.25, 0.3) is 0 Å². The third-order valence-electron chi connectivity index (χ3n) is 5.15. The van der Waals surface area contributed by atoms with Gasteiger partial charge in [-0.15, -0.1) is 5.10 Å². The van der Waals surface area contributed by atoms with E-state index in [1.807, 2.05) is 0 Å². The number of halogens is 1. The largest absolute Gasteiger partial charge is 0.376 e. The smallest absolute Gasteiger partial charge is 0.353 e. The maximum atomic E-state index is 13.5. The Morgan fingerprint density at radius 1 is 1.17 bits per heavy atom. The number of aromatic nitrogens is 6. The van der Waals surface area contributed by atoms with E-state index in [4.69, 9.17) is 10.5 Å². The van der Waals surface area contributed by atoms with Gasteiger partial charge in [0.15, 0.2) is 5.65 Å². The van der Waals surface area contributed by atoms with Gasteiger partial charge in [-0.25, -0.2) is 23.3 Å². The van der Waals surface area contributed by atoms with Gasteiger partial charge in [-0.05, 0) is 43.2 Å². The molecule has 30 heavy (non-hydrogen) atoms. The average Bonchev–Trinajstić information content (AvgIpc) is 3.38. The van der Waals surface area contributed by atoms with Crippen molar-refractivity contribution in [1.82, 2.24) is 29.4 Å². The van der Waals surface area contributed by atoms with Crippen molar-refractivity contribution < 1.29 is 9.13 Å². The first-order valence-electron chi connectivity index (χ1n) is 9.55. The summed E-state index contributed by atoms with van der Waals surface area (Å²) in [5, 5.41) is 12.3. The lowest BCUT2D eigenvalue weighted by molar-refractivity contribution is 0.0931. The predicted molar refractivity (Wildman–Crippen MR) is 107 cm³/mol. The lowest BCUT2D eigenvalue weighted by Gasteiger charge is -2.11. The van der Waals surface area contributed by atoms with Gasteiger partial charge in [-0.2, -0.15) is 10.2 Å². The molecule has 5 rings (SSSR count). The van der Waals surface area contributed by atoms with E-state index in [1.165, 1.54) is 27.4 Å². The number of rotatable bonds is 4. The van der Waals surface area contributed by atoms with Crippen molar-refractivity contribution in [3.63, 3.8) is 0 Å². The van der Waals surface area contributed by atoms with Crippen molar-refractivity contribution in [2.24, 2.45) is 0 Å². The number of anilines is 1. The highest BCUT2D eigenvalue weighted by molar-refractivity contribution is 5.90. The zero-order chi connectivity index (χ0) is 20.7. The molecule has 4 heterocycles. The highest BCUT2D eigenvalue weighted by Gasteiger charge is 2.24. The average molecular weight is 407 g/mol. The molecular formula is C20H18FN7O2. The van der Waals surface area contributed by atoms with Gasteiger partial charge in [0.1, 0.15) is 5.82 Å². The van der Waals surface area contributed by atoms with Crippen LogP contribution in [0.25, 0.3) is 28.0 Å². The van der Waals surface area contributed by atoms with Crippen molar-refractivity contribution in [2.45, 2.75) is 25.5 Å². The number of hydrogen-bond donors (Lipinski definition) is 1. The number of fused-ring (bicyclic) bond motifs is 1. The van der Waals surface area contributed by atoms with Gasteiger partial charge in [0.05, 0.1) is 36.3 Å². The molecule has 152 valence electrons. The Bertz CT molecular complexity index is 1260. The van der Waals surface area contributed by atoms with Crippen LogP contribution in [0.4, 0.5) is 10.3 Å². The van der Waals surface area contributed by atoms with Gasteiger partial charge in [0.2, 0.25) is 5.95 Å². The number of nitrogens with zero attached hydrogens (tertiary/aromatic N) is 6. The van der Waals surface area contributed by atoms with Crippen molar-refractivity contribution in [1.29, 1.82) is 0 Å². The van der Waals surface area contributed by atoms with Crippen LogP contribution in [0.2, 0.25) is 0 Å². The van der Waals surface area contributed by atoms with Crippen LogP contribution >= 0.6 is 0 Å². The Hall–Kier alpha value is -3.66. The van der Waals surface area contributed by atoms with Crippen LogP contribution in [0.3, 0.4) is 0 Å². The Morgan fingerprint density at radius 3 is 2.70 bits per heavy atom. The maximum Gasteiger partial charge on any atom is 0.353 e. The first-order chi connectivity index (χ1) is 14.6. The molecule has 0 spiro atoms. The van der Waals surface area contributed by atoms with E-state index in [2.05, 4.69) is 20.3 Å². The maximum absolute atomic E-state index is 13.5. The van der Waals surface area contributed by atoms with Crippen LogP contribution in [-0.4, -0.2) is 42.1 Å². The minimum Gasteiger partial charge on any atom is -0.376 e. The van der Waals surface area contributed by atoms with Crippen molar-refractivity contribution >= 4 is 11.6 Å². The molecule has 0 bridgehead atoms. The molecule has 1 atom stereocenters. The summed E-state index contributed by atoms with van der Waals surface area (Å²) in [6.45, 7) is 1.01. The summed E-state index contributed by atoms with van der Waals surface area (Å²) in [6, 6.07) is 7.64. The summed E-state index contributed by atoms with van der Waals surface area (Å²) in [5.41, 5.74) is 8.45. The molecule has 1 fully saturated rings. The van der Waals surface area contributed by atoms with E-state index >= 15 is 0 Å². The second-order valence-corrected chi connectivity index (χ2v) is 7.09. The van der Waals surface area contributed by atoms with Gasteiger partial charge < -0.3 is 10.5 Å². The zero-order valence-corrected chi connectivity index (χ0v) is 15.9. The first-order valence-corrected chi connectivity index (χ1v) is 9.55. The summed E-state index contributed by atoms with van der Waals surface area (Å²) in [7, 11) is 0. The second-order valence-electron chi connectivity index (χ2n) is 7.09. The Labute approximate surface area is 170 Å². The lowest BCUT2D eigenvalue weighted by Crippen LogP contribution is -2.28. The Balaban J connectivity index is 1.77. The highest BCUT2D eigenvalue weighted by Crippen LogP contribution is 2.33. The SMILES string of the molecule is Nc1nc(-c2ccc(F)cc2)c(-c2ccnnc2)c2nn(C[C@H]3CCCO3)c(=O)n12. The highest BCUT2D eigenvalue weighted by atomic mass is 19.1. The minimum atomic E-state index is -0.389. The summed E-state index contributed by atoms with van der Waals surface area (Å²) in [4.78, 5) is 17.5. The van der Waals surface area contributed by atoms with Gasteiger partial charge in [-0.1, -0.05) is 0 Å². The second kappa shape index (κ2) is 7.30. The molecule has 1 aliphatic heterocycles. The molecule has 0 radical (unpaired) electrons. The molecule has 0 saturated carbocycles. The third kappa shape index (κ3) is 3.11. The van der Waals surface area contributed by atoms with Gasteiger partial charge in [0, 0.05) is 17.7 Å². The molecule has 1 aromatic carbocycles. The lowest BCUT2D eigenvalue weighted by atomic mass is 10.0. The third-order valence-corrected chi connectivity index (χ3v) is 5.15.